The summed E-state index contributed by atoms with van der Waals surface area (Å²) in [4.78, 5) is 0. The molecule has 17 heavy (non-hydrogen) atoms. The van der Waals surface area contributed by atoms with Crippen LogP contribution in [-0.2, 0) is 0 Å². The van der Waals surface area contributed by atoms with Crippen LogP contribution in [-0.4, -0.2) is 18.3 Å². The molecule has 0 aliphatic heterocycles. The standard InChI is InChI=1S/C14H23NO2/c1-5-6-10(2)15-11(3)13-8-7-12(17-4)9-14(13)16/h7-11,15-16H,5-6H2,1-4H3. The van der Waals surface area contributed by atoms with Crippen molar-refractivity contribution < 1.29 is 9.84 Å². The first-order valence-corrected chi connectivity index (χ1v) is 6.21. The van der Waals surface area contributed by atoms with E-state index in [4.69, 9.17) is 4.74 Å². The van der Waals surface area contributed by atoms with Crippen LogP contribution in [0.3, 0.4) is 0 Å². The number of benzene rings is 1. The Hall–Kier alpha value is -1.22. The minimum Gasteiger partial charge on any atom is -0.507 e. The Morgan fingerprint density at radius 2 is 2.06 bits per heavy atom. The lowest BCUT2D eigenvalue weighted by atomic mass is 10.0. The van der Waals surface area contributed by atoms with Crippen LogP contribution in [0.1, 0.15) is 45.2 Å². The second kappa shape index (κ2) is 6.50. The zero-order valence-electron chi connectivity index (χ0n) is 11.2. The van der Waals surface area contributed by atoms with Crippen molar-refractivity contribution in [3.63, 3.8) is 0 Å². The predicted molar refractivity (Wildman–Crippen MR) is 70.6 cm³/mol. The summed E-state index contributed by atoms with van der Waals surface area (Å²) in [7, 11) is 1.60. The normalized spacial score (nSPS) is 14.4. The second-order valence-electron chi connectivity index (χ2n) is 4.50. The van der Waals surface area contributed by atoms with E-state index in [0.29, 0.717) is 11.8 Å². The highest BCUT2D eigenvalue weighted by atomic mass is 16.5. The fraction of sp³-hybridized carbons (Fsp3) is 0.571. The molecule has 0 bridgehead atoms. The molecular formula is C14H23NO2. The Bertz CT molecular complexity index is 352. The third kappa shape index (κ3) is 3.93. The van der Waals surface area contributed by atoms with E-state index >= 15 is 0 Å². The average Bonchev–Trinajstić information content (AvgIpc) is 2.28. The topological polar surface area (TPSA) is 41.5 Å². The molecule has 1 aromatic rings. The van der Waals surface area contributed by atoms with Gasteiger partial charge in [0.05, 0.1) is 7.11 Å². The average molecular weight is 237 g/mol. The summed E-state index contributed by atoms with van der Waals surface area (Å²) >= 11 is 0. The Balaban J connectivity index is 2.71. The van der Waals surface area contributed by atoms with Gasteiger partial charge in [0, 0.05) is 23.7 Å². The fourth-order valence-electron chi connectivity index (χ4n) is 2.05. The maximum atomic E-state index is 9.92. The lowest BCUT2D eigenvalue weighted by molar-refractivity contribution is 0.399. The Labute approximate surface area is 104 Å². The molecule has 0 aliphatic carbocycles. The molecule has 2 unspecified atom stereocenters. The van der Waals surface area contributed by atoms with Gasteiger partial charge in [-0.15, -0.1) is 0 Å². The van der Waals surface area contributed by atoms with Crippen molar-refractivity contribution in [2.45, 2.75) is 45.7 Å². The van der Waals surface area contributed by atoms with Crippen LogP contribution in [0.25, 0.3) is 0 Å². The Morgan fingerprint density at radius 1 is 1.35 bits per heavy atom. The summed E-state index contributed by atoms with van der Waals surface area (Å²) in [5, 5.41) is 13.4. The summed E-state index contributed by atoms with van der Waals surface area (Å²) in [5.41, 5.74) is 0.911. The van der Waals surface area contributed by atoms with Gasteiger partial charge < -0.3 is 15.2 Å². The number of phenolic OH excluding ortho intramolecular Hbond substituents is 1. The maximum Gasteiger partial charge on any atom is 0.124 e. The Kier molecular flexibility index (Phi) is 5.29. The molecule has 1 aromatic carbocycles. The molecule has 0 heterocycles. The van der Waals surface area contributed by atoms with Crippen LogP contribution in [0.2, 0.25) is 0 Å². The molecule has 2 N–H and O–H groups in total. The molecule has 0 amide bonds. The predicted octanol–water partition coefficient (Wildman–Crippen LogP) is 3.24. The molecule has 3 heteroatoms. The molecule has 0 saturated heterocycles. The van der Waals surface area contributed by atoms with E-state index in [1.165, 1.54) is 0 Å². The van der Waals surface area contributed by atoms with Crippen molar-refractivity contribution in [1.29, 1.82) is 0 Å². The minimum atomic E-state index is 0.141. The van der Waals surface area contributed by atoms with Gasteiger partial charge in [0.1, 0.15) is 11.5 Å². The number of nitrogens with one attached hydrogen (secondary N) is 1. The van der Waals surface area contributed by atoms with Gasteiger partial charge >= 0.3 is 0 Å². The smallest absolute Gasteiger partial charge is 0.124 e. The largest absolute Gasteiger partial charge is 0.507 e. The monoisotopic (exact) mass is 237 g/mol. The third-order valence-corrected chi connectivity index (χ3v) is 2.96. The summed E-state index contributed by atoms with van der Waals surface area (Å²) in [5.74, 6) is 0.966. The summed E-state index contributed by atoms with van der Waals surface area (Å²) in [6.07, 6.45) is 2.30. The van der Waals surface area contributed by atoms with Gasteiger partial charge in [-0.05, 0) is 26.3 Å². The molecule has 0 aliphatic rings. The molecule has 0 spiro atoms. The number of hydrogen-bond acceptors (Lipinski definition) is 3. The van der Waals surface area contributed by atoms with Crippen LogP contribution >= 0.6 is 0 Å². The van der Waals surface area contributed by atoms with Gasteiger partial charge in [0.2, 0.25) is 0 Å². The number of methoxy groups -OCH3 is 1. The first kappa shape index (κ1) is 13.8. The SMILES string of the molecule is CCCC(C)NC(C)c1ccc(OC)cc1O. The van der Waals surface area contributed by atoms with Gasteiger partial charge in [-0.1, -0.05) is 19.4 Å². The first-order chi connectivity index (χ1) is 8.08. The number of hydrogen-bond donors (Lipinski definition) is 2. The maximum absolute atomic E-state index is 9.92. The van der Waals surface area contributed by atoms with Gasteiger partial charge in [0.15, 0.2) is 0 Å². The molecule has 2 atom stereocenters. The van der Waals surface area contributed by atoms with E-state index in [-0.39, 0.29) is 11.8 Å². The fourth-order valence-corrected chi connectivity index (χ4v) is 2.05. The molecule has 0 aromatic heterocycles. The van der Waals surface area contributed by atoms with Gasteiger partial charge in [-0.3, -0.25) is 0 Å². The lowest BCUT2D eigenvalue weighted by Gasteiger charge is -2.21. The zero-order chi connectivity index (χ0) is 12.8. The van der Waals surface area contributed by atoms with Crippen LogP contribution < -0.4 is 10.1 Å². The van der Waals surface area contributed by atoms with Gasteiger partial charge in [-0.2, -0.15) is 0 Å². The Morgan fingerprint density at radius 3 is 2.59 bits per heavy atom. The highest BCUT2D eigenvalue weighted by Gasteiger charge is 2.13. The van der Waals surface area contributed by atoms with Crippen LogP contribution in [0.15, 0.2) is 18.2 Å². The third-order valence-electron chi connectivity index (χ3n) is 2.96. The van der Waals surface area contributed by atoms with E-state index in [1.807, 2.05) is 12.1 Å². The van der Waals surface area contributed by atoms with E-state index < -0.39 is 0 Å². The van der Waals surface area contributed by atoms with E-state index in [2.05, 4.69) is 26.1 Å². The van der Waals surface area contributed by atoms with Crippen molar-refractivity contribution >= 4 is 0 Å². The van der Waals surface area contributed by atoms with Crippen molar-refractivity contribution in [2.75, 3.05) is 7.11 Å². The minimum absolute atomic E-state index is 0.141. The molecule has 0 fully saturated rings. The van der Waals surface area contributed by atoms with E-state index in [9.17, 15) is 5.11 Å². The number of rotatable bonds is 6. The van der Waals surface area contributed by atoms with E-state index in [0.717, 1.165) is 18.4 Å². The first-order valence-electron chi connectivity index (χ1n) is 6.21. The molecule has 3 nitrogen and oxygen atoms in total. The number of aromatic hydroxyl groups is 1. The zero-order valence-corrected chi connectivity index (χ0v) is 11.2. The van der Waals surface area contributed by atoms with Crippen molar-refractivity contribution in [2.24, 2.45) is 0 Å². The van der Waals surface area contributed by atoms with Gasteiger partial charge in [0.25, 0.3) is 0 Å². The van der Waals surface area contributed by atoms with Crippen molar-refractivity contribution in [3.8, 4) is 11.5 Å². The number of ether oxygens (including phenoxy) is 1. The lowest BCUT2D eigenvalue weighted by Crippen LogP contribution is -2.28. The van der Waals surface area contributed by atoms with E-state index in [1.54, 1.807) is 13.2 Å². The molecule has 1 rings (SSSR count). The van der Waals surface area contributed by atoms with Gasteiger partial charge in [-0.25, -0.2) is 0 Å². The van der Waals surface area contributed by atoms with Crippen molar-refractivity contribution in [3.05, 3.63) is 23.8 Å². The second-order valence-corrected chi connectivity index (χ2v) is 4.50. The summed E-state index contributed by atoms with van der Waals surface area (Å²) in [6, 6.07) is 6.03. The summed E-state index contributed by atoms with van der Waals surface area (Å²) in [6.45, 7) is 6.40. The molecule has 96 valence electrons. The highest BCUT2D eigenvalue weighted by molar-refractivity contribution is 5.41. The molecule has 0 saturated carbocycles. The van der Waals surface area contributed by atoms with Crippen LogP contribution in [0, 0.1) is 0 Å². The quantitative estimate of drug-likeness (QED) is 0.798. The van der Waals surface area contributed by atoms with Crippen LogP contribution in [0.4, 0.5) is 0 Å². The highest BCUT2D eigenvalue weighted by Crippen LogP contribution is 2.28. The molecular weight excluding hydrogens is 214 g/mol. The van der Waals surface area contributed by atoms with Crippen LogP contribution in [0.5, 0.6) is 11.5 Å². The van der Waals surface area contributed by atoms with Crippen molar-refractivity contribution in [1.82, 2.24) is 5.32 Å². The molecule has 0 radical (unpaired) electrons. The number of phenols is 1. The summed E-state index contributed by atoms with van der Waals surface area (Å²) < 4.78 is 5.07.